The Kier molecular flexibility index (Phi) is 6.89. The lowest BCUT2D eigenvalue weighted by atomic mass is 10.1. The quantitative estimate of drug-likeness (QED) is 0.690. The molecule has 2 aromatic carbocycles. The number of amides is 3. The molecule has 2 aromatic rings. The van der Waals surface area contributed by atoms with Crippen LogP contribution in [0.2, 0.25) is 0 Å². The van der Waals surface area contributed by atoms with E-state index in [0.717, 1.165) is 24.3 Å². The summed E-state index contributed by atoms with van der Waals surface area (Å²) in [6.45, 7) is 3.61. The molecular weight excluding hydrogens is 354 g/mol. The summed E-state index contributed by atoms with van der Waals surface area (Å²) in [6, 6.07) is 17.2. The Bertz CT molecular complexity index is 777. The number of rotatable bonds is 8. The predicted molar refractivity (Wildman–Crippen MR) is 110 cm³/mol. The minimum absolute atomic E-state index is 0.0125. The third-order valence-corrected chi connectivity index (χ3v) is 4.69. The van der Waals surface area contributed by atoms with Gasteiger partial charge in [-0.3, -0.25) is 4.79 Å². The number of hydrogen-bond donors (Lipinski definition) is 2. The number of ether oxygens (including phenoxy) is 1. The predicted octanol–water partition coefficient (Wildman–Crippen LogP) is 3.12. The molecular formula is C22H27N3O3. The average molecular weight is 381 g/mol. The molecule has 1 fully saturated rings. The van der Waals surface area contributed by atoms with E-state index >= 15 is 0 Å². The van der Waals surface area contributed by atoms with E-state index in [0.29, 0.717) is 26.1 Å². The Balaban J connectivity index is 1.41. The van der Waals surface area contributed by atoms with Gasteiger partial charge in [0.15, 0.2) is 0 Å². The smallest absolute Gasteiger partial charge is 0.315 e. The van der Waals surface area contributed by atoms with Crippen molar-refractivity contribution < 1.29 is 14.3 Å². The van der Waals surface area contributed by atoms with Crippen molar-refractivity contribution in [2.45, 2.75) is 32.2 Å². The first-order valence-electron chi connectivity index (χ1n) is 9.77. The van der Waals surface area contributed by atoms with Gasteiger partial charge in [0.1, 0.15) is 5.75 Å². The topological polar surface area (TPSA) is 70.7 Å². The van der Waals surface area contributed by atoms with Crippen LogP contribution in [0.1, 0.15) is 25.3 Å². The summed E-state index contributed by atoms with van der Waals surface area (Å²) >= 11 is 0. The zero-order valence-corrected chi connectivity index (χ0v) is 16.2. The van der Waals surface area contributed by atoms with Gasteiger partial charge in [0.25, 0.3) is 0 Å². The molecule has 6 heteroatoms. The van der Waals surface area contributed by atoms with Crippen LogP contribution in [0.3, 0.4) is 0 Å². The van der Waals surface area contributed by atoms with Crippen molar-refractivity contribution >= 4 is 17.6 Å². The summed E-state index contributed by atoms with van der Waals surface area (Å²) < 4.78 is 5.43. The Morgan fingerprint density at radius 3 is 2.61 bits per heavy atom. The number of carbonyl (C=O) groups excluding carboxylic acids is 2. The van der Waals surface area contributed by atoms with E-state index in [2.05, 4.69) is 22.8 Å². The van der Waals surface area contributed by atoms with E-state index < -0.39 is 0 Å². The van der Waals surface area contributed by atoms with Crippen molar-refractivity contribution in [3.63, 3.8) is 0 Å². The lowest BCUT2D eigenvalue weighted by Gasteiger charge is -2.18. The fourth-order valence-electron chi connectivity index (χ4n) is 3.32. The summed E-state index contributed by atoms with van der Waals surface area (Å²) in [5.41, 5.74) is 2.08. The average Bonchev–Trinajstić information content (AvgIpc) is 3.07. The summed E-state index contributed by atoms with van der Waals surface area (Å²) in [5, 5.41) is 5.78. The Labute approximate surface area is 165 Å². The molecule has 0 aromatic heterocycles. The van der Waals surface area contributed by atoms with Gasteiger partial charge in [-0.2, -0.15) is 0 Å². The van der Waals surface area contributed by atoms with Gasteiger partial charge in [0.05, 0.1) is 12.6 Å². The SMILES string of the molecule is CCOc1ccc(N2C[C@@H](NC(=O)NCCCc3ccccc3)CC2=O)cc1. The van der Waals surface area contributed by atoms with E-state index in [1.54, 1.807) is 4.90 Å². The Morgan fingerprint density at radius 1 is 1.14 bits per heavy atom. The second-order valence-corrected chi connectivity index (χ2v) is 6.82. The molecule has 0 unspecified atom stereocenters. The van der Waals surface area contributed by atoms with E-state index in [1.165, 1.54) is 5.56 Å². The molecule has 1 aliphatic heterocycles. The highest BCUT2D eigenvalue weighted by molar-refractivity contribution is 5.96. The maximum absolute atomic E-state index is 12.3. The first-order valence-corrected chi connectivity index (χ1v) is 9.77. The largest absolute Gasteiger partial charge is 0.494 e. The zero-order chi connectivity index (χ0) is 19.8. The standard InChI is InChI=1S/C22H27N3O3/c1-2-28-20-12-10-19(11-13-20)25-16-18(15-21(25)26)24-22(27)23-14-6-9-17-7-4-3-5-8-17/h3-5,7-8,10-13,18H,2,6,9,14-16H2,1H3,(H2,23,24,27)/t18-/m0/s1. The molecule has 1 aliphatic rings. The molecule has 6 nitrogen and oxygen atoms in total. The van der Waals surface area contributed by atoms with Crippen molar-refractivity contribution in [1.82, 2.24) is 10.6 Å². The van der Waals surface area contributed by atoms with Crippen LogP contribution < -0.4 is 20.3 Å². The van der Waals surface area contributed by atoms with Crippen LogP contribution in [-0.2, 0) is 11.2 Å². The van der Waals surface area contributed by atoms with Crippen LogP contribution in [0, 0.1) is 0 Å². The Morgan fingerprint density at radius 2 is 1.89 bits per heavy atom. The van der Waals surface area contributed by atoms with Crippen LogP contribution in [0.4, 0.5) is 10.5 Å². The van der Waals surface area contributed by atoms with Gasteiger partial charge in [0, 0.05) is 25.2 Å². The molecule has 1 heterocycles. The van der Waals surface area contributed by atoms with Crippen LogP contribution >= 0.6 is 0 Å². The molecule has 3 rings (SSSR count). The van der Waals surface area contributed by atoms with E-state index in [-0.39, 0.29) is 18.0 Å². The lowest BCUT2D eigenvalue weighted by molar-refractivity contribution is -0.117. The number of carbonyl (C=O) groups is 2. The number of urea groups is 1. The summed E-state index contributed by atoms with van der Waals surface area (Å²) in [6.07, 6.45) is 2.11. The highest BCUT2D eigenvalue weighted by Gasteiger charge is 2.31. The maximum Gasteiger partial charge on any atom is 0.315 e. The van der Waals surface area contributed by atoms with Crippen LogP contribution in [0.25, 0.3) is 0 Å². The first kappa shape index (κ1) is 19.7. The normalized spacial score (nSPS) is 16.1. The molecule has 1 saturated heterocycles. The van der Waals surface area contributed by atoms with Crippen molar-refractivity contribution in [3.8, 4) is 5.75 Å². The summed E-state index contributed by atoms with van der Waals surface area (Å²) in [4.78, 5) is 26.1. The molecule has 0 aliphatic carbocycles. The van der Waals surface area contributed by atoms with Gasteiger partial charge in [-0.25, -0.2) is 4.79 Å². The van der Waals surface area contributed by atoms with Gasteiger partial charge in [-0.05, 0) is 49.6 Å². The maximum atomic E-state index is 12.3. The van der Waals surface area contributed by atoms with Crippen LogP contribution in [0.5, 0.6) is 5.75 Å². The molecule has 0 radical (unpaired) electrons. The second-order valence-electron chi connectivity index (χ2n) is 6.82. The highest BCUT2D eigenvalue weighted by Crippen LogP contribution is 2.24. The molecule has 2 N–H and O–H groups in total. The van der Waals surface area contributed by atoms with Gasteiger partial charge in [-0.15, -0.1) is 0 Å². The van der Waals surface area contributed by atoms with Crippen LogP contribution in [0.15, 0.2) is 54.6 Å². The van der Waals surface area contributed by atoms with E-state index in [9.17, 15) is 9.59 Å². The fraction of sp³-hybridized carbons (Fsp3) is 0.364. The van der Waals surface area contributed by atoms with Crippen LogP contribution in [-0.4, -0.2) is 37.7 Å². The molecule has 148 valence electrons. The monoisotopic (exact) mass is 381 g/mol. The minimum atomic E-state index is -0.223. The van der Waals surface area contributed by atoms with Crippen molar-refractivity contribution in [2.24, 2.45) is 0 Å². The molecule has 1 atom stereocenters. The van der Waals surface area contributed by atoms with Crippen molar-refractivity contribution in [1.29, 1.82) is 0 Å². The highest BCUT2D eigenvalue weighted by atomic mass is 16.5. The first-order chi connectivity index (χ1) is 13.7. The second kappa shape index (κ2) is 9.78. The van der Waals surface area contributed by atoms with Crippen molar-refractivity contribution in [2.75, 3.05) is 24.6 Å². The number of nitrogens with one attached hydrogen (secondary N) is 2. The molecule has 3 amide bonds. The van der Waals surface area contributed by atoms with Gasteiger partial charge in [0.2, 0.25) is 5.91 Å². The third kappa shape index (κ3) is 5.49. The summed E-state index contributed by atoms with van der Waals surface area (Å²) in [7, 11) is 0. The molecule has 28 heavy (non-hydrogen) atoms. The fourth-order valence-corrected chi connectivity index (χ4v) is 3.32. The zero-order valence-electron chi connectivity index (χ0n) is 16.2. The minimum Gasteiger partial charge on any atom is -0.494 e. The van der Waals surface area contributed by atoms with E-state index in [4.69, 9.17) is 4.74 Å². The number of nitrogens with zero attached hydrogens (tertiary/aromatic N) is 1. The van der Waals surface area contributed by atoms with Gasteiger partial charge in [-0.1, -0.05) is 30.3 Å². The van der Waals surface area contributed by atoms with Gasteiger partial charge >= 0.3 is 6.03 Å². The summed E-state index contributed by atoms with van der Waals surface area (Å²) in [5.74, 6) is 0.793. The number of hydrogen-bond acceptors (Lipinski definition) is 3. The number of benzene rings is 2. The van der Waals surface area contributed by atoms with Crippen molar-refractivity contribution in [3.05, 3.63) is 60.2 Å². The Hall–Kier alpha value is -3.02. The number of anilines is 1. The molecule has 0 saturated carbocycles. The molecule has 0 bridgehead atoms. The van der Waals surface area contributed by atoms with E-state index in [1.807, 2.05) is 49.4 Å². The third-order valence-electron chi connectivity index (χ3n) is 4.69. The van der Waals surface area contributed by atoms with Gasteiger partial charge < -0.3 is 20.3 Å². The number of aryl methyl sites for hydroxylation is 1. The molecule has 0 spiro atoms. The lowest BCUT2D eigenvalue weighted by Crippen LogP contribution is -2.43.